The third-order valence-electron chi connectivity index (χ3n) is 8.22. The second kappa shape index (κ2) is 5.60. The van der Waals surface area contributed by atoms with Crippen molar-refractivity contribution in [2.75, 3.05) is 0 Å². The molecule has 0 heterocycles. The molecule has 3 rings (SSSR count). The van der Waals surface area contributed by atoms with Crippen LogP contribution in [-0.4, -0.2) is 5.78 Å². The van der Waals surface area contributed by atoms with Gasteiger partial charge in [0.15, 0.2) is 0 Å². The second-order valence-electron chi connectivity index (χ2n) is 9.18. The van der Waals surface area contributed by atoms with Gasteiger partial charge in [-0.25, -0.2) is 0 Å². The number of carbonyl (C=O) groups is 1. The average molecular weight is 315 g/mol. The van der Waals surface area contributed by atoms with Crippen LogP contribution in [0.2, 0.25) is 0 Å². The zero-order valence-corrected chi connectivity index (χ0v) is 15.6. The lowest BCUT2D eigenvalue weighted by atomic mass is 9.43. The highest BCUT2D eigenvalue weighted by Gasteiger charge is 2.58. The Morgan fingerprint density at radius 3 is 2.52 bits per heavy atom. The Hall–Kier alpha value is -0.850. The quantitative estimate of drug-likeness (QED) is 0.575. The zero-order chi connectivity index (χ0) is 17.0. The summed E-state index contributed by atoms with van der Waals surface area (Å²) < 4.78 is 0. The molecule has 128 valence electrons. The molecule has 0 radical (unpaired) electrons. The standard InChI is InChI=1S/C22H34O/c1-7-18-20-15(3)13-17-12-14(2)8-10-22(17,6)19(20)9-11-21(18,5)16(4)23/h17-20H,2-3,7-13H2,1,4-6H3. The smallest absolute Gasteiger partial charge is 0.135 e. The molecular formula is C22H34O. The summed E-state index contributed by atoms with van der Waals surface area (Å²) in [4.78, 5) is 12.4. The number of rotatable bonds is 2. The largest absolute Gasteiger partial charge is 0.299 e. The minimum Gasteiger partial charge on any atom is -0.299 e. The molecule has 3 saturated carbocycles. The van der Waals surface area contributed by atoms with Crippen molar-refractivity contribution in [3.8, 4) is 0 Å². The first-order valence-corrected chi connectivity index (χ1v) is 9.59. The highest BCUT2D eigenvalue weighted by molar-refractivity contribution is 5.82. The zero-order valence-electron chi connectivity index (χ0n) is 15.6. The van der Waals surface area contributed by atoms with Gasteiger partial charge in [-0.15, -0.1) is 0 Å². The maximum Gasteiger partial charge on any atom is 0.135 e. The van der Waals surface area contributed by atoms with E-state index in [9.17, 15) is 4.79 Å². The molecule has 0 aromatic carbocycles. The minimum atomic E-state index is -0.139. The van der Waals surface area contributed by atoms with E-state index in [2.05, 4.69) is 33.9 Å². The van der Waals surface area contributed by atoms with E-state index in [0.29, 0.717) is 23.0 Å². The van der Waals surface area contributed by atoms with Crippen molar-refractivity contribution in [3.63, 3.8) is 0 Å². The van der Waals surface area contributed by atoms with E-state index in [1.54, 1.807) is 0 Å². The summed E-state index contributed by atoms with van der Waals surface area (Å²) in [5.74, 6) is 2.88. The molecule has 3 fully saturated rings. The topological polar surface area (TPSA) is 17.1 Å². The van der Waals surface area contributed by atoms with E-state index in [1.807, 2.05) is 6.92 Å². The van der Waals surface area contributed by atoms with Crippen LogP contribution in [0.4, 0.5) is 0 Å². The lowest BCUT2D eigenvalue weighted by Crippen LogP contribution is -2.55. The first-order valence-electron chi connectivity index (χ1n) is 9.59. The van der Waals surface area contributed by atoms with E-state index >= 15 is 0 Å². The summed E-state index contributed by atoms with van der Waals surface area (Å²) in [5.41, 5.74) is 3.17. The van der Waals surface area contributed by atoms with E-state index < -0.39 is 0 Å². The molecule has 0 aliphatic heterocycles. The van der Waals surface area contributed by atoms with Crippen molar-refractivity contribution in [1.82, 2.24) is 0 Å². The van der Waals surface area contributed by atoms with Gasteiger partial charge in [-0.2, -0.15) is 0 Å². The van der Waals surface area contributed by atoms with E-state index in [4.69, 9.17) is 0 Å². The molecule has 0 aromatic rings. The second-order valence-corrected chi connectivity index (χ2v) is 9.18. The third-order valence-corrected chi connectivity index (χ3v) is 8.22. The highest BCUT2D eigenvalue weighted by Crippen LogP contribution is 2.65. The molecule has 3 aliphatic rings. The fourth-order valence-corrected chi connectivity index (χ4v) is 6.53. The SMILES string of the molecule is C=C1CCC2(C)C(C1)CC(=C)C1C(CC)C(C)(C(C)=O)CCC12. The summed E-state index contributed by atoms with van der Waals surface area (Å²) in [6.45, 7) is 17.6. The molecule has 3 aliphatic carbocycles. The molecular weight excluding hydrogens is 280 g/mol. The van der Waals surface area contributed by atoms with Crippen LogP contribution in [0.1, 0.15) is 72.6 Å². The maximum atomic E-state index is 12.4. The number of hydrogen-bond acceptors (Lipinski definition) is 1. The fourth-order valence-electron chi connectivity index (χ4n) is 6.53. The van der Waals surface area contributed by atoms with Crippen LogP contribution >= 0.6 is 0 Å². The summed E-state index contributed by atoms with van der Waals surface area (Å²) >= 11 is 0. The molecule has 23 heavy (non-hydrogen) atoms. The molecule has 1 nitrogen and oxygen atoms in total. The Morgan fingerprint density at radius 1 is 1.22 bits per heavy atom. The Kier molecular flexibility index (Phi) is 4.14. The number of ketones is 1. The number of carbonyl (C=O) groups excluding carboxylic acids is 1. The molecule has 0 spiro atoms. The Balaban J connectivity index is 1.99. The molecule has 0 bridgehead atoms. The van der Waals surface area contributed by atoms with Gasteiger partial charge in [-0.3, -0.25) is 4.79 Å². The van der Waals surface area contributed by atoms with Gasteiger partial charge >= 0.3 is 0 Å². The summed E-state index contributed by atoms with van der Waals surface area (Å²) in [6, 6.07) is 0. The van der Waals surface area contributed by atoms with Gasteiger partial charge < -0.3 is 0 Å². The van der Waals surface area contributed by atoms with Crippen LogP contribution < -0.4 is 0 Å². The molecule has 0 N–H and O–H groups in total. The van der Waals surface area contributed by atoms with Crippen LogP contribution in [0.3, 0.4) is 0 Å². The Labute approximate surface area is 142 Å². The normalized spacial score (nSPS) is 47.0. The van der Waals surface area contributed by atoms with Crippen LogP contribution in [0.5, 0.6) is 0 Å². The van der Waals surface area contributed by atoms with Crippen molar-refractivity contribution >= 4 is 5.78 Å². The highest BCUT2D eigenvalue weighted by atomic mass is 16.1. The van der Waals surface area contributed by atoms with Crippen molar-refractivity contribution in [3.05, 3.63) is 24.3 Å². The molecule has 6 atom stereocenters. The van der Waals surface area contributed by atoms with E-state index in [-0.39, 0.29) is 5.41 Å². The van der Waals surface area contributed by atoms with Gasteiger partial charge in [0.2, 0.25) is 0 Å². The van der Waals surface area contributed by atoms with Crippen molar-refractivity contribution in [1.29, 1.82) is 0 Å². The van der Waals surface area contributed by atoms with Gasteiger partial charge in [0.1, 0.15) is 5.78 Å². The molecule has 1 heteroatoms. The first kappa shape index (κ1) is 17.0. The van der Waals surface area contributed by atoms with Gasteiger partial charge in [0.25, 0.3) is 0 Å². The van der Waals surface area contributed by atoms with Crippen LogP contribution in [0.15, 0.2) is 24.3 Å². The summed E-state index contributed by atoms with van der Waals surface area (Å²) in [6.07, 6.45) is 8.21. The summed E-state index contributed by atoms with van der Waals surface area (Å²) in [7, 11) is 0. The predicted octanol–water partition coefficient (Wildman–Crippen LogP) is 5.96. The third kappa shape index (κ3) is 2.37. The van der Waals surface area contributed by atoms with Gasteiger partial charge in [0, 0.05) is 5.41 Å². The Bertz CT molecular complexity index is 544. The van der Waals surface area contributed by atoms with Crippen LogP contribution in [0, 0.1) is 34.5 Å². The minimum absolute atomic E-state index is 0.139. The van der Waals surface area contributed by atoms with Gasteiger partial charge in [-0.1, -0.05) is 51.5 Å². The van der Waals surface area contributed by atoms with Crippen molar-refractivity contribution < 1.29 is 4.79 Å². The first-order chi connectivity index (χ1) is 10.7. The Morgan fingerprint density at radius 2 is 1.91 bits per heavy atom. The van der Waals surface area contributed by atoms with Crippen LogP contribution in [-0.2, 0) is 4.79 Å². The van der Waals surface area contributed by atoms with Crippen molar-refractivity contribution in [2.24, 2.45) is 34.5 Å². The maximum absolute atomic E-state index is 12.4. The monoisotopic (exact) mass is 314 g/mol. The number of fused-ring (bicyclic) bond motifs is 3. The number of hydrogen-bond donors (Lipinski definition) is 0. The number of allylic oxidation sites excluding steroid dienone is 2. The lowest BCUT2D eigenvalue weighted by Gasteiger charge is -2.61. The number of Topliss-reactive ketones (excluding diaryl/α,β-unsaturated/α-hetero) is 1. The molecule has 0 aromatic heterocycles. The fraction of sp³-hybridized carbons (Fsp3) is 0.773. The van der Waals surface area contributed by atoms with Gasteiger partial charge in [-0.05, 0) is 74.5 Å². The van der Waals surface area contributed by atoms with Crippen molar-refractivity contribution in [2.45, 2.75) is 72.6 Å². The lowest BCUT2D eigenvalue weighted by molar-refractivity contribution is -0.140. The van der Waals surface area contributed by atoms with Crippen LogP contribution in [0.25, 0.3) is 0 Å². The van der Waals surface area contributed by atoms with E-state index in [0.717, 1.165) is 31.1 Å². The molecule has 6 unspecified atom stereocenters. The molecule has 0 saturated heterocycles. The predicted molar refractivity (Wildman–Crippen MR) is 97.1 cm³/mol. The van der Waals surface area contributed by atoms with Gasteiger partial charge in [0.05, 0.1) is 0 Å². The molecule has 0 amide bonds. The van der Waals surface area contributed by atoms with E-state index in [1.165, 1.54) is 36.8 Å². The summed E-state index contributed by atoms with van der Waals surface area (Å²) in [5, 5.41) is 0. The average Bonchev–Trinajstić information content (AvgIpc) is 2.49.